The van der Waals surface area contributed by atoms with Gasteiger partial charge in [-0.15, -0.1) is 28.7 Å². The highest BCUT2D eigenvalue weighted by atomic mass is 79.9. The molecule has 16 heavy (non-hydrogen) atoms. The average molecular weight is 302 g/mol. The van der Waals surface area contributed by atoms with Crippen LogP contribution in [0.1, 0.15) is 6.42 Å². The third-order valence-electron chi connectivity index (χ3n) is 2.47. The standard InChI is InChI=1S/C11H15N3S.BrH/c1-12-11-6-7-14(13-11)9-4-3-5-10(8-9)15-2;/h3-5,8H,6-7H2,1-2H3,(H,12,13);1H. The zero-order valence-electron chi connectivity index (χ0n) is 9.43. The Bertz CT molecular complexity index is 381. The van der Waals surface area contributed by atoms with Crippen molar-refractivity contribution in [3.8, 4) is 0 Å². The van der Waals surface area contributed by atoms with E-state index in [1.54, 1.807) is 11.8 Å². The topological polar surface area (TPSA) is 27.6 Å². The van der Waals surface area contributed by atoms with Crippen molar-refractivity contribution in [2.75, 3.05) is 24.9 Å². The monoisotopic (exact) mass is 301 g/mol. The maximum atomic E-state index is 4.16. The molecule has 5 heteroatoms. The predicted molar refractivity (Wildman–Crippen MR) is 77.0 cm³/mol. The molecule has 1 saturated heterocycles. The van der Waals surface area contributed by atoms with Crippen molar-refractivity contribution in [1.29, 1.82) is 0 Å². The second kappa shape index (κ2) is 6.15. The van der Waals surface area contributed by atoms with Crippen molar-refractivity contribution in [2.24, 2.45) is 4.99 Å². The number of halogens is 1. The molecule has 3 nitrogen and oxygen atoms in total. The molecule has 0 aromatic heterocycles. The van der Waals surface area contributed by atoms with E-state index in [0.29, 0.717) is 0 Å². The summed E-state index contributed by atoms with van der Waals surface area (Å²) in [6.07, 6.45) is 3.09. The van der Waals surface area contributed by atoms with Gasteiger partial charge in [-0.25, -0.2) is 0 Å². The Morgan fingerprint density at radius 3 is 2.88 bits per heavy atom. The largest absolute Gasteiger partial charge is 0.286 e. The molecule has 0 bridgehead atoms. The van der Waals surface area contributed by atoms with Gasteiger partial charge in [0, 0.05) is 24.9 Å². The minimum absolute atomic E-state index is 0. The van der Waals surface area contributed by atoms with Gasteiger partial charge in [0.05, 0.1) is 5.69 Å². The summed E-state index contributed by atoms with van der Waals surface area (Å²) in [5.74, 6) is 1.06. The van der Waals surface area contributed by atoms with Crippen LogP contribution >= 0.6 is 28.7 Å². The highest BCUT2D eigenvalue weighted by Gasteiger charge is 2.16. The Morgan fingerprint density at radius 1 is 1.44 bits per heavy atom. The zero-order valence-corrected chi connectivity index (χ0v) is 12.0. The van der Waals surface area contributed by atoms with Gasteiger partial charge in [0.15, 0.2) is 0 Å². The molecule has 0 spiro atoms. The Hall–Kier alpha value is -0.680. The maximum absolute atomic E-state index is 4.16. The Labute approximate surface area is 111 Å². The van der Waals surface area contributed by atoms with E-state index < -0.39 is 0 Å². The minimum Gasteiger partial charge on any atom is -0.286 e. The van der Waals surface area contributed by atoms with Gasteiger partial charge in [-0.05, 0) is 24.5 Å². The molecular formula is C11H16BrN3S. The van der Waals surface area contributed by atoms with Gasteiger partial charge in [0.1, 0.15) is 5.84 Å². The van der Waals surface area contributed by atoms with Gasteiger partial charge < -0.3 is 0 Å². The number of amidine groups is 1. The Kier molecular flexibility index (Phi) is 5.15. The molecule has 0 aliphatic carbocycles. The first-order chi connectivity index (χ1) is 7.33. The highest BCUT2D eigenvalue weighted by molar-refractivity contribution is 8.93. The molecule has 1 fully saturated rings. The van der Waals surface area contributed by atoms with Crippen molar-refractivity contribution in [2.45, 2.75) is 11.3 Å². The third-order valence-corrected chi connectivity index (χ3v) is 3.20. The van der Waals surface area contributed by atoms with E-state index in [4.69, 9.17) is 0 Å². The predicted octanol–water partition coefficient (Wildman–Crippen LogP) is 2.73. The molecule has 0 unspecified atom stereocenters. The van der Waals surface area contributed by atoms with E-state index in [1.165, 1.54) is 10.6 Å². The van der Waals surface area contributed by atoms with Gasteiger partial charge >= 0.3 is 0 Å². The molecule has 0 radical (unpaired) electrons. The first kappa shape index (κ1) is 13.4. The Balaban J connectivity index is 0.00000128. The Morgan fingerprint density at radius 2 is 2.25 bits per heavy atom. The van der Waals surface area contributed by atoms with Crippen molar-refractivity contribution in [3.63, 3.8) is 0 Å². The van der Waals surface area contributed by atoms with Crippen molar-refractivity contribution in [1.82, 2.24) is 5.43 Å². The van der Waals surface area contributed by atoms with E-state index in [1.807, 2.05) is 7.05 Å². The molecular weight excluding hydrogens is 286 g/mol. The van der Waals surface area contributed by atoms with Crippen molar-refractivity contribution < 1.29 is 0 Å². The second-order valence-electron chi connectivity index (χ2n) is 3.39. The van der Waals surface area contributed by atoms with Crippen LogP contribution in [0.4, 0.5) is 5.69 Å². The number of thioether (sulfide) groups is 1. The molecule has 88 valence electrons. The van der Waals surface area contributed by atoms with E-state index in [0.717, 1.165) is 18.8 Å². The van der Waals surface area contributed by atoms with Gasteiger partial charge in [-0.1, -0.05) is 6.07 Å². The van der Waals surface area contributed by atoms with E-state index >= 15 is 0 Å². The fourth-order valence-electron chi connectivity index (χ4n) is 1.62. The van der Waals surface area contributed by atoms with Gasteiger partial charge in [-0.2, -0.15) is 0 Å². The van der Waals surface area contributed by atoms with Gasteiger partial charge in [0.25, 0.3) is 0 Å². The number of aliphatic imine (C=N–C) groups is 1. The fraction of sp³-hybridized carbons (Fsp3) is 0.364. The lowest BCUT2D eigenvalue weighted by Gasteiger charge is -2.18. The number of hydrogen-bond acceptors (Lipinski definition) is 3. The number of nitrogens with one attached hydrogen (secondary N) is 1. The highest BCUT2D eigenvalue weighted by Crippen LogP contribution is 2.22. The summed E-state index contributed by atoms with van der Waals surface area (Å²) in [6.45, 7) is 0.991. The third kappa shape index (κ3) is 2.92. The minimum atomic E-state index is 0. The SMILES string of the molecule is Br.CN=C1CCN(c2cccc(SC)c2)N1. The lowest BCUT2D eigenvalue weighted by molar-refractivity contribution is 0.855. The summed E-state index contributed by atoms with van der Waals surface area (Å²) in [6, 6.07) is 8.52. The van der Waals surface area contributed by atoms with Crippen LogP contribution in [0.5, 0.6) is 0 Å². The lowest BCUT2D eigenvalue weighted by Crippen LogP contribution is -2.32. The van der Waals surface area contributed by atoms with Crippen LogP contribution in [0.2, 0.25) is 0 Å². The normalized spacial score (nSPS) is 17.1. The molecule has 1 aliphatic heterocycles. The first-order valence-electron chi connectivity index (χ1n) is 4.97. The molecule has 1 aliphatic rings. The smallest absolute Gasteiger partial charge is 0.116 e. The summed E-state index contributed by atoms with van der Waals surface area (Å²) in [4.78, 5) is 5.45. The van der Waals surface area contributed by atoms with Crippen molar-refractivity contribution in [3.05, 3.63) is 24.3 Å². The summed E-state index contributed by atoms with van der Waals surface area (Å²) in [7, 11) is 1.82. The molecule has 0 atom stereocenters. The fourth-order valence-corrected chi connectivity index (χ4v) is 2.07. The van der Waals surface area contributed by atoms with Crippen LogP contribution in [0, 0.1) is 0 Å². The van der Waals surface area contributed by atoms with Crippen LogP contribution in [-0.4, -0.2) is 25.7 Å². The first-order valence-corrected chi connectivity index (χ1v) is 6.20. The quantitative estimate of drug-likeness (QED) is 0.851. The number of rotatable bonds is 2. The lowest BCUT2D eigenvalue weighted by atomic mass is 10.3. The molecule has 1 N–H and O–H groups in total. The molecule has 1 aromatic carbocycles. The van der Waals surface area contributed by atoms with Crippen LogP contribution in [0.3, 0.4) is 0 Å². The van der Waals surface area contributed by atoms with E-state index in [2.05, 4.69) is 45.9 Å². The van der Waals surface area contributed by atoms with Crippen molar-refractivity contribution >= 4 is 40.3 Å². The number of benzene rings is 1. The van der Waals surface area contributed by atoms with Crippen LogP contribution < -0.4 is 10.4 Å². The summed E-state index contributed by atoms with van der Waals surface area (Å²) >= 11 is 1.76. The summed E-state index contributed by atoms with van der Waals surface area (Å²) in [5, 5.41) is 2.14. The summed E-state index contributed by atoms with van der Waals surface area (Å²) in [5.41, 5.74) is 4.49. The number of hydrazine groups is 1. The van der Waals surface area contributed by atoms with E-state index in [9.17, 15) is 0 Å². The molecule has 1 heterocycles. The van der Waals surface area contributed by atoms with Crippen LogP contribution in [-0.2, 0) is 0 Å². The maximum Gasteiger partial charge on any atom is 0.116 e. The van der Waals surface area contributed by atoms with E-state index in [-0.39, 0.29) is 17.0 Å². The van der Waals surface area contributed by atoms with Gasteiger partial charge in [-0.3, -0.25) is 15.4 Å². The number of hydrogen-bond donors (Lipinski definition) is 1. The molecule has 1 aromatic rings. The van der Waals surface area contributed by atoms with Crippen LogP contribution in [0.25, 0.3) is 0 Å². The molecule has 0 saturated carbocycles. The molecule has 0 amide bonds. The molecule has 2 rings (SSSR count). The number of nitrogens with zero attached hydrogens (tertiary/aromatic N) is 2. The summed E-state index contributed by atoms with van der Waals surface area (Å²) < 4.78 is 0. The van der Waals surface area contributed by atoms with Crippen LogP contribution in [0.15, 0.2) is 34.2 Å². The second-order valence-corrected chi connectivity index (χ2v) is 4.26. The number of anilines is 1. The average Bonchev–Trinajstić information content (AvgIpc) is 2.78. The zero-order chi connectivity index (χ0) is 10.7. The van der Waals surface area contributed by atoms with Gasteiger partial charge in [0.2, 0.25) is 0 Å².